The summed E-state index contributed by atoms with van der Waals surface area (Å²) in [7, 11) is -2.75. The fourth-order valence-electron chi connectivity index (χ4n) is 1.60. The normalized spacial score (nSPS) is 38.0. The summed E-state index contributed by atoms with van der Waals surface area (Å²) in [5.41, 5.74) is 0. The molecule has 0 aliphatic heterocycles. The molecule has 0 aromatic carbocycles. The van der Waals surface area contributed by atoms with E-state index in [4.69, 9.17) is 4.55 Å². The number of hydrogen-bond acceptors (Lipinski definition) is 1. The summed E-state index contributed by atoms with van der Waals surface area (Å²) in [6.45, 7) is 2.19. The molecular formula is C8H16O2S. The van der Waals surface area contributed by atoms with Crippen molar-refractivity contribution in [1.82, 2.24) is 0 Å². The zero-order valence-electron chi connectivity index (χ0n) is 6.95. The van der Waals surface area contributed by atoms with Crippen molar-refractivity contribution in [2.45, 2.75) is 37.9 Å². The lowest BCUT2D eigenvalue weighted by Gasteiger charge is -2.25. The van der Waals surface area contributed by atoms with Gasteiger partial charge in [0, 0.05) is 0 Å². The monoisotopic (exact) mass is 176 g/mol. The maximum absolute atomic E-state index is 11.1. The first kappa shape index (κ1) is 9.07. The molecule has 0 aromatic rings. The molecule has 1 unspecified atom stereocenters. The molecule has 2 nitrogen and oxygen atoms in total. The van der Waals surface area contributed by atoms with E-state index in [9.17, 15) is 4.21 Å². The summed E-state index contributed by atoms with van der Waals surface area (Å²) in [5, 5.41) is -0.0429. The Morgan fingerprint density at radius 3 is 2.18 bits per heavy atom. The van der Waals surface area contributed by atoms with E-state index < -0.39 is 9.80 Å². The summed E-state index contributed by atoms with van der Waals surface area (Å²) in [5.74, 6) is 4.03. The second-order valence-electron chi connectivity index (χ2n) is 3.57. The molecule has 0 aromatic heterocycles. The van der Waals surface area contributed by atoms with Crippen LogP contribution in [0.2, 0.25) is 0 Å². The van der Waals surface area contributed by atoms with Gasteiger partial charge in [-0.2, -0.15) is 0 Å². The Hall–Kier alpha value is -0.0200. The van der Waals surface area contributed by atoms with Gasteiger partial charge < -0.3 is 4.55 Å². The topological polar surface area (TPSA) is 37.3 Å². The van der Waals surface area contributed by atoms with Gasteiger partial charge >= 0.3 is 0 Å². The molecule has 0 saturated heterocycles. The van der Waals surface area contributed by atoms with Gasteiger partial charge in [0.15, 0.2) is 0 Å². The molecule has 1 fully saturated rings. The molecule has 0 bridgehead atoms. The van der Waals surface area contributed by atoms with E-state index in [1.54, 1.807) is 0 Å². The summed E-state index contributed by atoms with van der Waals surface area (Å²) in [4.78, 5) is 0. The molecular weight excluding hydrogens is 160 g/mol. The third-order valence-electron chi connectivity index (χ3n) is 2.48. The Kier molecular flexibility index (Phi) is 2.60. The van der Waals surface area contributed by atoms with Crippen LogP contribution in [0.5, 0.6) is 0 Å². The Morgan fingerprint density at radius 1 is 1.36 bits per heavy atom. The van der Waals surface area contributed by atoms with Gasteiger partial charge in [-0.25, -0.2) is 4.21 Å². The van der Waals surface area contributed by atoms with Crippen LogP contribution >= 0.6 is 0 Å². The van der Waals surface area contributed by atoms with Gasteiger partial charge in [0.25, 0.3) is 0 Å². The molecule has 1 aliphatic rings. The van der Waals surface area contributed by atoms with Gasteiger partial charge in [-0.1, -0.05) is 6.92 Å². The van der Waals surface area contributed by atoms with E-state index in [1.807, 2.05) is 0 Å². The summed E-state index contributed by atoms with van der Waals surface area (Å²) in [6.07, 6.45) is 3.91. The fourth-order valence-corrected chi connectivity index (χ4v) is 2.61. The van der Waals surface area contributed by atoms with Crippen molar-refractivity contribution in [2.75, 3.05) is 0 Å². The van der Waals surface area contributed by atoms with E-state index >= 15 is 0 Å². The molecule has 1 atom stereocenters. The third-order valence-corrected chi connectivity index (χ3v) is 4.00. The van der Waals surface area contributed by atoms with Crippen LogP contribution in [-0.4, -0.2) is 19.9 Å². The molecule has 1 aliphatic carbocycles. The Morgan fingerprint density at radius 2 is 1.82 bits per heavy atom. The largest absolute Gasteiger partial charge is 0.314 e. The molecule has 0 heterocycles. The molecule has 0 amide bonds. The van der Waals surface area contributed by atoms with E-state index in [0.717, 1.165) is 31.6 Å². The van der Waals surface area contributed by atoms with Crippen LogP contribution < -0.4 is 0 Å². The van der Waals surface area contributed by atoms with Crippen LogP contribution in [0.4, 0.5) is 0 Å². The third kappa shape index (κ3) is 2.49. The van der Waals surface area contributed by atoms with Gasteiger partial charge in [-0.3, -0.25) is 0 Å². The average molecular weight is 176 g/mol. The number of hydrogen-bond donors (Lipinski definition) is 1. The highest BCUT2D eigenvalue weighted by Crippen LogP contribution is 2.27. The molecule has 3 heteroatoms. The smallest absolute Gasteiger partial charge is 0.0775 e. The zero-order valence-corrected chi connectivity index (χ0v) is 7.77. The van der Waals surface area contributed by atoms with Gasteiger partial charge in [-0.15, -0.1) is 0 Å². The predicted molar refractivity (Wildman–Crippen MR) is 49.3 cm³/mol. The van der Waals surface area contributed by atoms with Crippen molar-refractivity contribution in [2.24, 2.45) is 5.92 Å². The van der Waals surface area contributed by atoms with Crippen LogP contribution in [0.3, 0.4) is 0 Å². The highest BCUT2D eigenvalue weighted by molar-refractivity contribution is 7.95. The second kappa shape index (κ2) is 3.15. The quantitative estimate of drug-likeness (QED) is 0.618. The van der Waals surface area contributed by atoms with E-state index in [0.29, 0.717) is 0 Å². The standard InChI is InChI=1S/C8H16O2S/c1-7-3-5-8(6-4-7)11(2,9)10/h7-8H,2-6H2,1H3,(H,9,10). The van der Waals surface area contributed by atoms with Gasteiger partial charge in [0.05, 0.1) is 15.1 Å². The maximum Gasteiger partial charge on any atom is 0.0775 e. The highest BCUT2D eigenvalue weighted by Gasteiger charge is 2.23. The molecule has 1 saturated carbocycles. The summed E-state index contributed by atoms with van der Waals surface area (Å²) in [6, 6.07) is 0. The lowest BCUT2D eigenvalue weighted by molar-refractivity contribution is 0.378. The van der Waals surface area contributed by atoms with Crippen LogP contribution in [0.15, 0.2) is 0 Å². The first-order valence-electron chi connectivity index (χ1n) is 4.08. The van der Waals surface area contributed by atoms with Crippen molar-refractivity contribution < 1.29 is 8.76 Å². The SMILES string of the molecule is C=S(=O)(O)C1CCC(C)CC1. The maximum atomic E-state index is 11.1. The van der Waals surface area contributed by atoms with Gasteiger partial charge in [-0.05, 0) is 37.5 Å². The van der Waals surface area contributed by atoms with Gasteiger partial charge in [0.1, 0.15) is 0 Å². The predicted octanol–water partition coefficient (Wildman–Crippen LogP) is 1.75. The number of rotatable bonds is 1. The van der Waals surface area contributed by atoms with E-state index in [-0.39, 0.29) is 5.25 Å². The molecule has 1 rings (SSSR count). The molecule has 0 radical (unpaired) electrons. The van der Waals surface area contributed by atoms with E-state index in [1.165, 1.54) is 0 Å². The Labute approximate surface area is 68.8 Å². The first-order chi connectivity index (χ1) is 5.00. The second-order valence-corrected chi connectivity index (χ2v) is 5.62. The zero-order chi connectivity index (χ0) is 8.48. The molecule has 0 spiro atoms. The summed E-state index contributed by atoms with van der Waals surface area (Å²) < 4.78 is 20.2. The van der Waals surface area contributed by atoms with Crippen molar-refractivity contribution in [1.29, 1.82) is 0 Å². The molecule has 66 valence electrons. The van der Waals surface area contributed by atoms with Crippen molar-refractivity contribution in [3.8, 4) is 0 Å². The Balaban J connectivity index is 2.53. The summed E-state index contributed by atoms with van der Waals surface area (Å²) >= 11 is 0. The Bertz CT molecular complexity index is 210. The molecule has 11 heavy (non-hydrogen) atoms. The van der Waals surface area contributed by atoms with Crippen molar-refractivity contribution >= 4 is 15.7 Å². The van der Waals surface area contributed by atoms with Crippen LogP contribution in [0, 0.1) is 5.92 Å². The lowest BCUT2D eigenvalue weighted by Crippen LogP contribution is -2.25. The lowest BCUT2D eigenvalue weighted by atomic mass is 9.91. The van der Waals surface area contributed by atoms with Crippen LogP contribution in [0.25, 0.3) is 0 Å². The minimum absolute atomic E-state index is 0.0429. The highest BCUT2D eigenvalue weighted by atomic mass is 32.2. The first-order valence-corrected chi connectivity index (χ1v) is 5.83. The minimum Gasteiger partial charge on any atom is -0.314 e. The van der Waals surface area contributed by atoms with Crippen LogP contribution in [0.1, 0.15) is 32.6 Å². The molecule has 1 N–H and O–H groups in total. The van der Waals surface area contributed by atoms with Crippen molar-refractivity contribution in [3.63, 3.8) is 0 Å². The fraction of sp³-hybridized carbons (Fsp3) is 0.875. The van der Waals surface area contributed by atoms with Gasteiger partial charge in [0.2, 0.25) is 0 Å². The average Bonchev–Trinajstić information content (AvgIpc) is 1.86. The van der Waals surface area contributed by atoms with Crippen molar-refractivity contribution in [3.05, 3.63) is 0 Å². The van der Waals surface area contributed by atoms with Crippen LogP contribution in [-0.2, 0) is 9.80 Å². The van der Waals surface area contributed by atoms with E-state index in [2.05, 4.69) is 12.8 Å². The minimum atomic E-state index is -2.75.